The second-order valence-electron chi connectivity index (χ2n) is 12.7. The van der Waals surface area contributed by atoms with Crippen LogP contribution in [0.15, 0.2) is 84.9 Å². The highest BCUT2D eigenvalue weighted by molar-refractivity contribution is 5.98. The molecule has 0 saturated heterocycles. The van der Waals surface area contributed by atoms with E-state index in [2.05, 4.69) is 92.9 Å². The Balaban J connectivity index is 1.02. The van der Waals surface area contributed by atoms with Crippen LogP contribution in [0.3, 0.4) is 0 Å². The lowest BCUT2D eigenvalue weighted by Crippen LogP contribution is -2.27. The molecule has 8 nitrogen and oxygen atoms in total. The van der Waals surface area contributed by atoms with Crippen LogP contribution < -0.4 is 10.6 Å². The number of fused-ring (bicyclic) bond motifs is 2. The molecule has 242 valence electrons. The predicted molar refractivity (Wildman–Crippen MR) is 191 cm³/mol. The minimum Gasteiger partial charge on any atom is -0.351 e. The average Bonchev–Trinajstić information content (AvgIpc) is 3.10. The van der Waals surface area contributed by atoms with Gasteiger partial charge in [0.15, 0.2) is 0 Å². The van der Waals surface area contributed by atoms with E-state index in [-0.39, 0.29) is 23.7 Å². The predicted octanol–water partition coefficient (Wildman–Crippen LogP) is 7.54. The molecule has 0 aliphatic heterocycles. The van der Waals surface area contributed by atoms with E-state index in [1.165, 1.54) is 0 Å². The maximum atomic E-state index is 12.9. The lowest BCUT2D eigenvalue weighted by Gasteiger charge is -2.15. The van der Waals surface area contributed by atoms with E-state index in [9.17, 15) is 9.59 Å². The summed E-state index contributed by atoms with van der Waals surface area (Å²) in [5.74, 6) is 0.0378. The lowest BCUT2D eigenvalue weighted by molar-refractivity contribution is 0.0943. The first kappa shape index (κ1) is 32.4. The molecule has 0 saturated carbocycles. The van der Waals surface area contributed by atoms with Gasteiger partial charge in [0.25, 0.3) is 11.8 Å². The van der Waals surface area contributed by atoms with Crippen molar-refractivity contribution in [1.29, 1.82) is 0 Å². The maximum absolute atomic E-state index is 12.9. The molecule has 4 aromatic carbocycles. The summed E-state index contributed by atoms with van der Waals surface area (Å²) in [6.07, 6.45) is 0. The Hall–Kier alpha value is -5.50. The Morgan fingerprint density at radius 1 is 0.500 bits per heavy atom. The zero-order valence-corrected chi connectivity index (χ0v) is 28.3. The average molecular weight is 637 g/mol. The van der Waals surface area contributed by atoms with Crippen molar-refractivity contribution in [2.75, 3.05) is 13.1 Å². The molecule has 2 unspecified atom stereocenters. The smallest absolute Gasteiger partial charge is 0.251 e. The number of nitrogens with zero attached hydrogens (tertiary/aromatic N) is 4. The molecule has 0 aliphatic rings. The van der Waals surface area contributed by atoms with Gasteiger partial charge in [-0.25, -0.2) is 19.9 Å². The minimum absolute atomic E-state index is 0.122. The molecule has 2 heterocycles. The van der Waals surface area contributed by atoms with Crippen LogP contribution in [0.2, 0.25) is 0 Å². The van der Waals surface area contributed by atoms with Crippen LogP contribution in [0.1, 0.15) is 80.3 Å². The molecule has 0 fully saturated rings. The fraction of sp³-hybridized carbons (Fsp3) is 0.250. The normalized spacial score (nSPS) is 12.5. The van der Waals surface area contributed by atoms with Crippen LogP contribution in [0.4, 0.5) is 0 Å². The molecule has 0 bridgehead atoms. The van der Waals surface area contributed by atoms with Crippen LogP contribution in [0, 0.1) is 27.7 Å². The summed E-state index contributed by atoms with van der Waals surface area (Å²) in [5, 5.41) is 6.14. The van der Waals surface area contributed by atoms with Crippen molar-refractivity contribution in [3.8, 4) is 11.1 Å². The molecule has 2 aromatic heterocycles. The van der Waals surface area contributed by atoms with Gasteiger partial charge in [0, 0.05) is 24.2 Å². The second-order valence-corrected chi connectivity index (χ2v) is 12.7. The van der Waals surface area contributed by atoms with Crippen molar-refractivity contribution in [2.24, 2.45) is 0 Å². The van der Waals surface area contributed by atoms with Gasteiger partial charge in [0.1, 0.15) is 0 Å². The molecule has 6 aromatic rings. The Bertz CT molecular complexity index is 1990. The highest BCUT2D eigenvalue weighted by Gasteiger charge is 2.14. The van der Waals surface area contributed by atoms with E-state index in [1.807, 2.05) is 39.8 Å². The molecule has 6 rings (SSSR count). The number of carbonyl (C=O) groups excluding carboxylic acids is 2. The fourth-order valence-corrected chi connectivity index (χ4v) is 5.68. The Morgan fingerprint density at radius 3 is 1.19 bits per heavy atom. The van der Waals surface area contributed by atoms with Crippen molar-refractivity contribution in [2.45, 2.75) is 53.4 Å². The van der Waals surface area contributed by atoms with Gasteiger partial charge in [-0.1, -0.05) is 62.4 Å². The van der Waals surface area contributed by atoms with E-state index < -0.39 is 0 Å². The second kappa shape index (κ2) is 13.7. The number of nitrogens with one attached hydrogen (secondary N) is 2. The summed E-state index contributed by atoms with van der Waals surface area (Å²) in [5.41, 5.74) is 12.2. The fourth-order valence-electron chi connectivity index (χ4n) is 5.68. The maximum Gasteiger partial charge on any atom is 0.251 e. The number of benzene rings is 4. The van der Waals surface area contributed by atoms with Gasteiger partial charge in [-0.3, -0.25) is 9.59 Å². The van der Waals surface area contributed by atoms with Crippen LogP contribution in [-0.2, 0) is 0 Å². The SMILES string of the molecule is Cc1nc2ccc(C(=O)NCC(C)c3ccc(-c4ccc(C(C)CNC(=O)c5ccc6nc(C)c(C)nc6c5)cc4)cc3)cc2nc1C. The highest BCUT2D eigenvalue weighted by Crippen LogP contribution is 2.25. The van der Waals surface area contributed by atoms with Gasteiger partial charge in [0.05, 0.1) is 44.8 Å². The van der Waals surface area contributed by atoms with Gasteiger partial charge in [-0.2, -0.15) is 0 Å². The summed E-state index contributed by atoms with van der Waals surface area (Å²) in [7, 11) is 0. The van der Waals surface area contributed by atoms with Gasteiger partial charge in [-0.05, 0) is 98.2 Å². The van der Waals surface area contributed by atoms with E-state index in [0.717, 1.165) is 67.1 Å². The molecule has 2 amide bonds. The molecule has 0 aliphatic carbocycles. The van der Waals surface area contributed by atoms with Gasteiger partial charge >= 0.3 is 0 Å². The van der Waals surface area contributed by atoms with Crippen molar-refractivity contribution < 1.29 is 9.59 Å². The van der Waals surface area contributed by atoms with Crippen LogP contribution in [0.25, 0.3) is 33.2 Å². The van der Waals surface area contributed by atoms with E-state index in [0.29, 0.717) is 24.2 Å². The lowest BCUT2D eigenvalue weighted by atomic mass is 9.95. The van der Waals surface area contributed by atoms with Crippen LogP contribution in [-0.4, -0.2) is 44.8 Å². The number of aromatic nitrogens is 4. The van der Waals surface area contributed by atoms with Crippen molar-refractivity contribution in [3.63, 3.8) is 0 Å². The minimum atomic E-state index is -0.122. The summed E-state index contributed by atoms with van der Waals surface area (Å²) in [6.45, 7) is 13.0. The Labute approximate surface area is 281 Å². The zero-order chi connectivity index (χ0) is 33.9. The standard InChI is InChI=1S/C40H40N6O2/c1-23(21-41-39(47)33-15-17-35-37(19-33)45-27(5)25(3)43-35)29-7-11-31(12-8-29)32-13-9-30(10-14-32)24(2)22-42-40(48)34-16-18-36-38(20-34)46-28(6)26(4)44-36/h7-20,23-24H,21-22H2,1-6H3,(H,41,47)(H,42,48). The van der Waals surface area contributed by atoms with E-state index in [4.69, 9.17) is 0 Å². The number of carbonyl (C=O) groups is 2. The third-order valence-corrected chi connectivity index (χ3v) is 9.11. The number of amides is 2. The van der Waals surface area contributed by atoms with E-state index >= 15 is 0 Å². The van der Waals surface area contributed by atoms with Crippen LogP contribution in [0.5, 0.6) is 0 Å². The topological polar surface area (TPSA) is 110 Å². The zero-order valence-electron chi connectivity index (χ0n) is 28.3. The summed E-state index contributed by atoms with van der Waals surface area (Å²) in [6, 6.07) is 27.9. The Morgan fingerprint density at radius 2 is 0.833 bits per heavy atom. The number of aryl methyl sites for hydroxylation is 4. The molecule has 2 N–H and O–H groups in total. The molecule has 2 atom stereocenters. The first-order chi connectivity index (χ1) is 23.0. The quantitative estimate of drug-likeness (QED) is 0.170. The molecule has 8 heteroatoms. The summed E-state index contributed by atoms with van der Waals surface area (Å²) >= 11 is 0. The molecular weight excluding hydrogens is 596 g/mol. The number of hydrogen-bond donors (Lipinski definition) is 2. The largest absolute Gasteiger partial charge is 0.351 e. The van der Waals surface area contributed by atoms with Gasteiger partial charge in [0.2, 0.25) is 0 Å². The first-order valence-corrected chi connectivity index (χ1v) is 16.3. The van der Waals surface area contributed by atoms with Crippen LogP contribution >= 0.6 is 0 Å². The molecule has 0 radical (unpaired) electrons. The van der Waals surface area contributed by atoms with Crippen molar-refractivity contribution in [1.82, 2.24) is 30.6 Å². The molecule has 0 spiro atoms. The summed E-state index contributed by atoms with van der Waals surface area (Å²) in [4.78, 5) is 44.1. The summed E-state index contributed by atoms with van der Waals surface area (Å²) < 4.78 is 0. The number of hydrogen-bond acceptors (Lipinski definition) is 6. The van der Waals surface area contributed by atoms with Crippen molar-refractivity contribution >= 4 is 33.9 Å². The molecule has 48 heavy (non-hydrogen) atoms. The number of rotatable bonds is 9. The van der Waals surface area contributed by atoms with Gasteiger partial charge < -0.3 is 10.6 Å². The van der Waals surface area contributed by atoms with Crippen molar-refractivity contribution in [3.05, 3.63) is 130 Å². The first-order valence-electron chi connectivity index (χ1n) is 16.3. The Kier molecular flexibility index (Phi) is 9.26. The monoisotopic (exact) mass is 636 g/mol. The van der Waals surface area contributed by atoms with Gasteiger partial charge in [-0.15, -0.1) is 0 Å². The highest BCUT2D eigenvalue weighted by atomic mass is 16.2. The third kappa shape index (κ3) is 7.08. The third-order valence-electron chi connectivity index (χ3n) is 9.11. The molecular formula is C40H40N6O2. The van der Waals surface area contributed by atoms with E-state index in [1.54, 1.807) is 24.3 Å².